The molecule has 1 aliphatic rings. The summed E-state index contributed by atoms with van der Waals surface area (Å²) in [5.41, 5.74) is 2.59. The van der Waals surface area contributed by atoms with Crippen LogP contribution in [0.5, 0.6) is 11.5 Å². The number of ether oxygens (including phenoxy) is 2. The van der Waals surface area contributed by atoms with Crippen LogP contribution < -0.4 is 14.8 Å². The van der Waals surface area contributed by atoms with Crippen molar-refractivity contribution >= 4 is 33.1 Å². The molecule has 6 heteroatoms. The number of carbonyl (C=O) groups is 1. The van der Waals surface area contributed by atoms with E-state index < -0.39 is 0 Å². The monoisotopic (exact) mass is 370 g/mol. The fourth-order valence-corrected chi connectivity index (χ4v) is 4.60. The number of aromatic nitrogens is 1. The Morgan fingerprint density at radius 2 is 1.88 bits per heavy atom. The molecule has 0 spiro atoms. The number of nitrogens with one attached hydrogen (secondary N) is 1. The highest BCUT2D eigenvalue weighted by atomic mass is 32.1. The van der Waals surface area contributed by atoms with E-state index in [1.165, 1.54) is 18.4 Å². The van der Waals surface area contributed by atoms with Crippen molar-refractivity contribution < 1.29 is 14.3 Å². The molecule has 1 fully saturated rings. The Morgan fingerprint density at radius 3 is 2.62 bits per heavy atom. The lowest BCUT2D eigenvalue weighted by atomic mass is 10.2. The Hall–Kier alpha value is -2.47. The summed E-state index contributed by atoms with van der Waals surface area (Å²) >= 11 is 1.68. The first-order chi connectivity index (χ1) is 12.7. The summed E-state index contributed by atoms with van der Waals surface area (Å²) in [7, 11) is 3.18. The van der Waals surface area contributed by atoms with Gasteiger partial charge in [0.2, 0.25) is 0 Å². The first-order valence-corrected chi connectivity index (χ1v) is 9.71. The summed E-state index contributed by atoms with van der Waals surface area (Å²) in [6, 6.07) is 9.93. The molecule has 1 aliphatic carbocycles. The summed E-state index contributed by atoms with van der Waals surface area (Å²) in [5.74, 6) is 1.14. The van der Waals surface area contributed by atoms with E-state index in [0.717, 1.165) is 23.2 Å². The molecule has 1 amide bonds. The Balaban J connectivity index is 1.66. The van der Waals surface area contributed by atoms with E-state index in [1.807, 2.05) is 12.1 Å². The second-order valence-corrected chi connectivity index (χ2v) is 7.48. The second kappa shape index (κ2) is 7.03. The van der Waals surface area contributed by atoms with Crippen LogP contribution in [0.4, 0.5) is 5.69 Å². The van der Waals surface area contributed by atoms with Gasteiger partial charge < -0.3 is 19.4 Å². The average molecular weight is 370 g/mol. The summed E-state index contributed by atoms with van der Waals surface area (Å²) < 4.78 is 14.0. The highest BCUT2D eigenvalue weighted by Crippen LogP contribution is 2.37. The first-order valence-electron chi connectivity index (χ1n) is 8.83. The van der Waals surface area contributed by atoms with Crippen molar-refractivity contribution in [2.45, 2.75) is 31.7 Å². The first kappa shape index (κ1) is 17.0. The van der Waals surface area contributed by atoms with Crippen molar-refractivity contribution in [3.05, 3.63) is 41.4 Å². The lowest BCUT2D eigenvalue weighted by molar-refractivity contribution is 0.101. The van der Waals surface area contributed by atoms with E-state index >= 15 is 0 Å². The van der Waals surface area contributed by atoms with Crippen molar-refractivity contribution in [2.24, 2.45) is 0 Å². The lowest BCUT2D eigenvalue weighted by Gasteiger charge is -2.17. The van der Waals surface area contributed by atoms with Crippen molar-refractivity contribution in [1.29, 1.82) is 0 Å². The number of anilines is 1. The molecular formula is C20H22N2O3S. The molecule has 2 aromatic heterocycles. The number of amides is 1. The minimum atomic E-state index is -0.0903. The fourth-order valence-electron chi connectivity index (χ4n) is 3.78. The Labute approximate surface area is 156 Å². The molecule has 5 nitrogen and oxygen atoms in total. The molecule has 2 heterocycles. The van der Waals surface area contributed by atoms with Crippen molar-refractivity contribution in [2.75, 3.05) is 19.5 Å². The van der Waals surface area contributed by atoms with E-state index in [9.17, 15) is 4.79 Å². The number of rotatable bonds is 5. The van der Waals surface area contributed by atoms with Gasteiger partial charge >= 0.3 is 0 Å². The number of benzene rings is 1. The van der Waals surface area contributed by atoms with Crippen LogP contribution in [0, 0.1) is 0 Å². The van der Waals surface area contributed by atoms with E-state index in [4.69, 9.17) is 9.47 Å². The maximum atomic E-state index is 13.0. The lowest BCUT2D eigenvalue weighted by Crippen LogP contribution is -2.19. The number of carbonyl (C=O) groups excluding carboxylic acids is 1. The van der Waals surface area contributed by atoms with Gasteiger partial charge in [-0.1, -0.05) is 12.8 Å². The Bertz CT molecular complexity index is 938. The third-order valence-electron chi connectivity index (χ3n) is 5.02. The molecule has 3 aromatic rings. The zero-order chi connectivity index (χ0) is 18.1. The van der Waals surface area contributed by atoms with Gasteiger partial charge in [0.1, 0.15) is 5.69 Å². The minimum absolute atomic E-state index is 0.0903. The van der Waals surface area contributed by atoms with Gasteiger partial charge in [-0.15, -0.1) is 11.3 Å². The van der Waals surface area contributed by atoms with Crippen molar-refractivity contribution in [1.82, 2.24) is 4.57 Å². The number of hydrogen-bond donors (Lipinski definition) is 1. The number of fused-ring (bicyclic) bond motifs is 1. The summed E-state index contributed by atoms with van der Waals surface area (Å²) in [4.78, 5) is 13.0. The maximum absolute atomic E-state index is 13.0. The number of hydrogen-bond acceptors (Lipinski definition) is 4. The van der Waals surface area contributed by atoms with Crippen LogP contribution in [-0.4, -0.2) is 24.7 Å². The zero-order valence-corrected chi connectivity index (χ0v) is 15.8. The molecule has 0 atom stereocenters. The van der Waals surface area contributed by atoms with Gasteiger partial charge in [0.05, 0.1) is 24.4 Å². The van der Waals surface area contributed by atoms with Gasteiger partial charge in [0, 0.05) is 17.8 Å². The highest BCUT2D eigenvalue weighted by molar-refractivity contribution is 7.17. The molecule has 0 saturated heterocycles. The maximum Gasteiger partial charge on any atom is 0.272 e. The van der Waals surface area contributed by atoms with E-state index in [1.54, 1.807) is 37.7 Å². The van der Waals surface area contributed by atoms with E-state index in [2.05, 4.69) is 21.3 Å². The molecular weight excluding hydrogens is 348 g/mol. The smallest absolute Gasteiger partial charge is 0.272 e. The van der Waals surface area contributed by atoms with Crippen LogP contribution in [0.3, 0.4) is 0 Å². The Kier molecular flexibility index (Phi) is 4.59. The molecule has 4 rings (SSSR count). The van der Waals surface area contributed by atoms with Gasteiger partial charge in [0.15, 0.2) is 11.5 Å². The highest BCUT2D eigenvalue weighted by Gasteiger charge is 2.25. The normalized spacial score (nSPS) is 14.7. The molecule has 1 N–H and O–H groups in total. The van der Waals surface area contributed by atoms with Crippen LogP contribution in [0.15, 0.2) is 35.7 Å². The van der Waals surface area contributed by atoms with Crippen LogP contribution >= 0.6 is 11.3 Å². The molecule has 1 aromatic carbocycles. The molecule has 1 saturated carbocycles. The van der Waals surface area contributed by atoms with Crippen LogP contribution in [0.2, 0.25) is 0 Å². The number of thiophene rings is 1. The number of nitrogens with zero attached hydrogens (tertiary/aromatic N) is 1. The summed E-state index contributed by atoms with van der Waals surface area (Å²) in [6.07, 6.45) is 4.73. The fraction of sp³-hybridized carbons (Fsp3) is 0.350. The quantitative estimate of drug-likeness (QED) is 0.681. The minimum Gasteiger partial charge on any atom is -0.493 e. The topological polar surface area (TPSA) is 52.5 Å². The summed E-state index contributed by atoms with van der Waals surface area (Å²) in [6.45, 7) is 0. The zero-order valence-electron chi connectivity index (χ0n) is 15.0. The van der Waals surface area contributed by atoms with Gasteiger partial charge in [-0.05, 0) is 42.5 Å². The second-order valence-electron chi connectivity index (χ2n) is 6.53. The summed E-state index contributed by atoms with van der Waals surface area (Å²) in [5, 5.41) is 5.10. The van der Waals surface area contributed by atoms with Crippen LogP contribution in [-0.2, 0) is 0 Å². The van der Waals surface area contributed by atoms with Crippen LogP contribution in [0.25, 0.3) is 10.2 Å². The Morgan fingerprint density at radius 1 is 1.12 bits per heavy atom. The molecule has 0 aliphatic heterocycles. The molecule has 26 heavy (non-hydrogen) atoms. The largest absolute Gasteiger partial charge is 0.493 e. The third-order valence-corrected chi connectivity index (χ3v) is 5.88. The van der Waals surface area contributed by atoms with Gasteiger partial charge in [-0.25, -0.2) is 0 Å². The predicted molar refractivity (Wildman–Crippen MR) is 105 cm³/mol. The predicted octanol–water partition coefficient (Wildman–Crippen LogP) is 5.09. The number of methoxy groups -OCH3 is 2. The molecule has 0 unspecified atom stereocenters. The van der Waals surface area contributed by atoms with Crippen molar-refractivity contribution in [3.63, 3.8) is 0 Å². The van der Waals surface area contributed by atoms with Crippen molar-refractivity contribution in [3.8, 4) is 11.5 Å². The van der Waals surface area contributed by atoms with E-state index in [0.29, 0.717) is 23.2 Å². The third kappa shape index (κ3) is 2.94. The van der Waals surface area contributed by atoms with Crippen LogP contribution in [0.1, 0.15) is 42.2 Å². The van der Waals surface area contributed by atoms with Gasteiger partial charge in [-0.2, -0.15) is 0 Å². The average Bonchev–Trinajstić information content (AvgIpc) is 3.37. The molecule has 0 radical (unpaired) electrons. The van der Waals surface area contributed by atoms with Gasteiger partial charge in [0.25, 0.3) is 5.91 Å². The molecule has 136 valence electrons. The standard InChI is InChI=1S/C20H22N2O3S/c1-24-17-8-7-13(11-18(17)25-2)21-20(23)16-12-19-15(9-10-26-19)22(16)14-5-3-4-6-14/h7-12,14H,3-6H2,1-2H3,(H,21,23). The van der Waals surface area contributed by atoms with E-state index in [-0.39, 0.29) is 5.91 Å². The molecule has 0 bridgehead atoms. The SMILES string of the molecule is COc1ccc(NC(=O)c2cc3sccc3n2C2CCCC2)cc1OC. The van der Waals surface area contributed by atoms with Gasteiger partial charge in [-0.3, -0.25) is 4.79 Å².